The minimum absolute atomic E-state index is 0.0941. The number of halogens is 2. The Labute approximate surface area is 160 Å². The predicted octanol–water partition coefficient (Wildman–Crippen LogP) is 4.10. The molecule has 1 heterocycles. The van der Waals surface area contributed by atoms with Crippen molar-refractivity contribution in [1.29, 1.82) is 0 Å². The summed E-state index contributed by atoms with van der Waals surface area (Å²) < 4.78 is 10.6. The number of ether oxygens (including phenoxy) is 2. The van der Waals surface area contributed by atoms with E-state index in [9.17, 15) is 9.59 Å². The fourth-order valence-electron chi connectivity index (χ4n) is 2.55. The molecule has 0 fully saturated rings. The highest BCUT2D eigenvalue weighted by molar-refractivity contribution is 6.43. The topological polar surface area (TPSA) is 67.9 Å². The van der Waals surface area contributed by atoms with Gasteiger partial charge in [-0.05, 0) is 24.3 Å². The van der Waals surface area contributed by atoms with E-state index in [1.807, 2.05) is 0 Å². The molecule has 0 atom stereocenters. The van der Waals surface area contributed by atoms with Crippen molar-refractivity contribution in [1.82, 2.24) is 0 Å². The molecule has 2 aromatic carbocycles. The number of hydrogen-bond donors (Lipinski definition) is 1. The third-order valence-electron chi connectivity index (χ3n) is 3.84. The maximum atomic E-state index is 12.2. The number of anilines is 2. The minimum Gasteiger partial charge on any atom is -0.454 e. The molecule has 2 aromatic rings. The molecule has 3 rings (SSSR count). The number of carbonyl (C=O) groups is 2. The fraction of sp³-hybridized carbons (Fsp3) is 0.222. The third-order valence-corrected chi connectivity index (χ3v) is 4.65. The van der Waals surface area contributed by atoms with Crippen LogP contribution >= 0.6 is 23.2 Å². The van der Waals surface area contributed by atoms with Crippen molar-refractivity contribution in [2.75, 3.05) is 23.6 Å². The van der Waals surface area contributed by atoms with Crippen LogP contribution in [0.4, 0.5) is 11.4 Å². The molecule has 136 valence electrons. The quantitative estimate of drug-likeness (QED) is 0.828. The summed E-state index contributed by atoms with van der Waals surface area (Å²) in [6, 6.07) is 10.2. The van der Waals surface area contributed by atoms with Gasteiger partial charge >= 0.3 is 0 Å². The molecule has 0 aliphatic carbocycles. The first-order valence-electron chi connectivity index (χ1n) is 7.87. The molecule has 1 aliphatic heterocycles. The van der Waals surface area contributed by atoms with E-state index in [4.69, 9.17) is 32.7 Å². The van der Waals surface area contributed by atoms with Crippen molar-refractivity contribution in [2.24, 2.45) is 0 Å². The summed E-state index contributed by atoms with van der Waals surface area (Å²) in [6.07, 6.45) is 0.0941. The zero-order chi connectivity index (χ0) is 18.7. The van der Waals surface area contributed by atoms with E-state index < -0.39 is 0 Å². The van der Waals surface area contributed by atoms with Crippen molar-refractivity contribution in [2.45, 2.75) is 13.3 Å². The van der Waals surface area contributed by atoms with Gasteiger partial charge in [-0.25, -0.2) is 0 Å². The number of fused-ring (bicyclic) bond motifs is 1. The summed E-state index contributed by atoms with van der Waals surface area (Å²) in [4.78, 5) is 25.7. The first kappa shape index (κ1) is 18.4. The number of rotatable bonds is 5. The normalized spacial score (nSPS) is 12.0. The van der Waals surface area contributed by atoms with Crippen molar-refractivity contribution >= 4 is 46.4 Å². The molecular weight excluding hydrogens is 379 g/mol. The second kappa shape index (κ2) is 7.85. The first-order chi connectivity index (χ1) is 12.5. The van der Waals surface area contributed by atoms with Crippen LogP contribution in [0.2, 0.25) is 10.0 Å². The van der Waals surface area contributed by atoms with Crippen molar-refractivity contribution < 1.29 is 19.1 Å². The molecular formula is C18H16Cl2N2O4. The maximum absolute atomic E-state index is 12.2. The molecule has 26 heavy (non-hydrogen) atoms. The van der Waals surface area contributed by atoms with Crippen LogP contribution < -0.4 is 19.7 Å². The van der Waals surface area contributed by atoms with E-state index in [0.29, 0.717) is 27.9 Å². The van der Waals surface area contributed by atoms with E-state index in [2.05, 4.69) is 5.32 Å². The lowest BCUT2D eigenvalue weighted by Gasteiger charge is -2.21. The van der Waals surface area contributed by atoms with Gasteiger partial charge in [-0.3, -0.25) is 9.59 Å². The van der Waals surface area contributed by atoms with Gasteiger partial charge in [-0.15, -0.1) is 0 Å². The second-order valence-corrected chi connectivity index (χ2v) is 6.39. The van der Waals surface area contributed by atoms with Gasteiger partial charge in [0.2, 0.25) is 18.6 Å². The largest absolute Gasteiger partial charge is 0.454 e. The maximum Gasteiger partial charge on any atom is 0.231 e. The van der Waals surface area contributed by atoms with Gasteiger partial charge in [0.1, 0.15) is 0 Å². The molecule has 1 aliphatic rings. The molecule has 0 aromatic heterocycles. The van der Waals surface area contributed by atoms with Gasteiger partial charge in [0.05, 0.1) is 15.7 Å². The standard InChI is InChI=1S/C18H16Cl2N2O4/c1-11(23)22(12-5-6-15-16(9-12)26-10-25-15)8-7-17(24)21-14-4-2-3-13(19)18(14)20/h2-6,9H,7-8,10H2,1H3,(H,21,24). The van der Waals surface area contributed by atoms with Gasteiger partial charge in [0.15, 0.2) is 11.5 Å². The monoisotopic (exact) mass is 394 g/mol. The molecule has 0 radical (unpaired) electrons. The number of amides is 2. The number of benzene rings is 2. The molecule has 8 heteroatoms. The van der Waals surface area contributed by atoms with Gasteiger partial charge in [-0.1, -0.05) is 29.3 Å². The Morgan fingerprint density at radius 1 is 1.15 bits per heavy atom. The Morgan fingerprint density at radius 2 is 1.92 bits per heavy atom. The molecule has 0 saturated carbocycles. The summed E-state index contributed by atoms with van der Waals surface area (Å²) in [7, 11) is 0. The van der Waals surface area contributed by atoms with Crippen molar-refractivity contribution in [3.63, 3.8) is 0 Å². The lowest BCUT2D eigenvalue weighted by atomic mass is 10.2. The van der Waals surface area contributed by atoms with Crippen LogP contribution in [0.15, 0.2) is 36.4 Å². The Balaban J connectivity index is 1.66. The average molecular weight is 395 g/mol. The predicted molar refractivity (Wildman–Crippen MR) is 100 cm³/mol. The first-order valence-corrected chi connectivity index (χ1v) is 8.63. The van der Waals surface area contributed by atoms with Crippen molar-refractivity contribution in [3.8, 4) is 11.5 Å². The van der Waals surface area contributed by atoms with Gasteiger partial charge in [-0.2, -0.15) is 0 Å². The van der Waals surface area contributed by atoms with E-state index in [0.717, 1.165) is 0 Å². The number of nitrogens with one attached hydrogen (secondary N) is 1. The molecule has 0 spiro atoms. The van der Waals surface area contributed by atoms with Gasteiger partial charge < -0.3 is 19.7 Å². The third kappa shape index (κ3) is 4.03. The van der Waals surface area contributed by atoms with Crippen LogP contribution in [0.25, 0.3) is 0 Å². The van der Waals surface area contributed by atoms with Crippen LogP contribution in [0.1, 0.15) is 13.3 Å². The van der Waals surface area contributed by atoms with E-state index in [-0.39, 0.29) is 36.6 Å². The Bertz CT molecular complexity index is 857. The Morgan fingerprint density at radius 3 is 2.69 bits per heavy atom. The molecule has 0 bridgehead atoms. The van der Waals surface area contributed by atoms with Gasteiger partial charge in [0, 0.05) is 31.6 Å². The molecule has 0 saturated heterocycles. The minimum atomic E-state index is -0.277. The van der Waals surface area contributed by atoms with Crippen LogP contribution in [0, 0.1) is 0 Å². The summed E-state index contributed by atoms with van der Waals surface area (Å²) in [6.45, 7) is 1.80. The number of hydrogen-bond acceptors (Lipinski definition) is 4. The summed E-state index contributed by atoms with van der Waals surface area (Å²) in [5.41, 5.74) is 1.07. The zero-order valence-corrected chi connectivity index (χ0v) is 15.4. The van der Waals surface area contributed by atoms with E-state index in [1.54, 1.807) is 36.4 Å². The average Bonchev–Trinajstić information content (AvgIpc) is 3.06. The molecule has 0 unspecified atom stereocenters. The molecule has 2 amide bonds. The highest BCUT2D eigenvalue weighted by Crippen LogP contribution is 2.35. The number of nitrogens with zero attached hydrogens (tertiary/aromatic N) is 1. The van der Waals surface area contributed by atoms with E-state index >= 15 is 0 Å². The van der Waals surface area contributed by atoms with E-state index in [1.165, 1.54) is 11.8 Å². The van der Waals surface area contributed by atoms with Gasteiger partial charge in [0.25, 0.3) is 0 Å². The Hall–Kier alpha value is -2.44. The molecule has 6 nitrogen and oxygen atoms in total. The highest BCUT2D eigenvalue weighted by atomic mass is 35.5. The SMILES string of the molecule is CC(=O)N(CCC(=O)Nc1cccc(Cl)c1Cl)c1ccc2c(c1)OCO2. The van der Waals surface area contributed by atoms with Crippen molar-refractivity contribution in [3.05, 3.63) is 46.4 Å². The smallest absolute Gasteiger partial charge is 0.231 e. The zero-order valence-electron chi connectivity index (χ0n) is 13.9. The Kier molecular flexibility index (Phi) is 5.54. The lowest BCUT2D eigenvalue weighted by Crippen LogP contribution is -2.31. The summed E-state index contributed by atoms with van der Waals surface area (Å²) >= 11 is 12.0. The molecule has 1 N–H and O–H groups in total. The van der Waals surface area contributed by atoms with Crippen LogP contribution in [0.3, 0.4) is 0 Å². The van der Waals surface area contributed by atoms with Crippen LogP contribution in [0.5, 0.6) is 11.5 Å². The summed E-state index contributed by atoms with van der Waals surface area (Å²) in [5.74, 6) is 0.744. The lowest BCUT2D eigenvalue weighted by molar-refractivity contribution is -0.117. The fourth-order valence-corrected chi connectivity index (χ4v) is 2.90. The summed E-state index contributed by atoms with van der Waals surface area (Å²) in [5, 5.41) is 3.34. The second-order valence-electron chi connectivity index (χ2n) is 5.61. The van der Waals surface area contributed by atoms with Crippen LogP contribution in [-0.4, -0.2) is 25.2 Å². The number of carbonyl (C=O) groups excluding carboxylic acids is 2. The highest BCUT2D eigenvalue weighted by Gasteiger charge is 2.19. The van der Waals surface area contributed by atoms with Crippen LogP contribution in [-0.2, 0) is 9.59 Å².